The normalized spacial score (nSPS) is 37.7. The fourth-order valence-electron chi connectivity index (χ4n) is 2.68. The van der Waals surface area contributed by atoms with Crippen molar-refractivity contribution in [2.24, 2.45) is 11.3 Å². The van der Waals surface area contributed by atoms with Crippen molar-refractivity contribution in [3.8, 4) is 0 Å². The van der Waals surface area contributed by atoms with E-state index in [1.165, 1.54) is 12.0 Å². The molecule has 0 radical (unpaired) electrons. The van der Waals surface area contributed by atoms with Gasteiger partial charge in [-0.05, 0) is 39.0 Å². The number of allylic oxidation sites excluding steroid dienone is 2. The summed E-state index contributed by atoms with van der Waals surface area (Å²) in [4.78, 5) is 11.7. The first-order valence-corrected chi connectivity index (χ1v) is 5.33. The average Bonchev–Trinajstić information content (AvgIpc) is 2.71. The summed E-state index contributed by atoms with van der Waals surface area (Å²) in [6.07, 6.45) is 7.81. The van der Waals surface area contributed by atoms with Crippen molar-refractivity contribution < 1.29 is 4.79 Å². The number of ketones is 1. The number of rotatable bonds is 1. The molecule has 0 heterocycles. The largest absolute Gasteiger partial charge is 0.299 e. The van der Waals surface area contributed by atoms with E-state index in [0.29, 0.717) is 11.7 Å². The van der Waals surface area contributed by atoms with Gasteiger partial charge in [0.15, 0.2) is 0 Å². The third-order valence-electron chi connectivity index (χ3n) is 3.50. The predicted octanol–water partition coefficient (Wildman–Crippen LogP) is 3.10. The first-order chi connectivity index (χ1) is 6.15. The van der Waals surface area contributed by atoms with Gasteiger partial charge in [0.2, 0.25) is 0 Å². The molecule has 2 saturated carbocycles. The maximum atomic E-state index is 11.7. The summed E-state index contributed by atoms with van der Waals surface area (Å²) >= 11 is 0. The fraction of sp³-hybridized carbons (Fsp3) is 0.750. The number of carbonyl (C=O) groups is 1. The first-order valence-electron chi connectivity index (χ1n) is 5.33. The molecule has 13 heavy (non-hydrogen) atoms. The monoisotopic (exact) mass is 178 g/mol. The van der Waals surface area contributed by atoms with Crippen LogP contribution in [0.15, 0.2) is 11.6 Å². The molecule has 0 bridgehead atoms. The molecule has 2 fully saturated rings. The van der Waals surface area contributed by atoms with Gasteiger partial charge >= 0.3 is 0 Å². The minimum Gasteiger partial charge on any atom is -0.299 e. The minimum absolute atomic E-state index is 0.121. The molecule has 0 saturated heterocycles. The van der Waals surface area contributed by atoms with E-state index in [0.717, 1.165) is 25.7 Å². The number of carbonyl (C=O) groups excluding carboxylic acids is 1. The zero-order valence-corrected chi connectivity index (χ0v) is 8.60. The average molecular weight is 178 g/mol. The van der Waals surface area contributed by atoms with Crippen LogP contribution in [0.4, 0.5) is 0 Å². The van der Waals surface area contributed by atoms with Crippen LogP contribution < -0.4 is 0 Å². The van der Waals surface area contributed by atoms with Crippen LogP contribution in [0.2, 0.25) is 0 Å². The molecule has 2 unspecified atom stereocenters. The van der Waals surface area contributed by atoms with Gasteiger partial charge in [-0.25, -0.2) is 0 Å². The highest BCUT2D eigenvalue weighted by Gasteiger charge is 2.57. The van der Waals surface area contributed by atoms with Crippen LogP contribution in [0.1, 0.15) is 46.0 Å². The predicted molar refractivity (Wildman–Crippen MR) is 53.4 cm³/mol. The third kappa shape index (κ3) is 1.45. The Kier molecular flexibility index (Phi) is 2.05. The summed E-state index contributed by atoms with van der Waals surface area (Å²) in [5.74, 6) is 1.13. The topological polar surface area (TPSA) is 17.1 Å². The quantitative estimate of drug-likeness (QED) is 0.564. The van der Waals surface area contributed by atoms with Gasteiger partial charge in [-0.15, -0.1) is 0 Å². The van der Waals surface area contributed by atoms with Crippen LogP contribution in [-0.2, 0) is 4.79 Å². The fourth-order valence-corrected chi connectivity index (χ4v) is 2.68. The summed E-state index contributed by atoms with van der Waals surface area (Å²) < 4.78 is 0. The Labute approximate surface area is 80.2 Å². The molecular formula is C12H18O. The standard InChI is InChI=1S/C12H18O/c1-9(2)7-10-8-12(10)6-4-3-5-11(12)13/h7,10H,3-6,8H2,1-2H3. The number of hydrogen-bond acceptors (Lipinski definition) is 1. The third-order valence-corrected chi connectivity index (χ3v) is 3.50. The second-order valence-corrected chi connectivity index (χ2v) is 4.84. The molecule has 0 N–H and O–H groups in total. The van der Waals surface area contributed by atoms with Crippen molar-refractivity contribution in [1.82, 2.24) is 0 Å². The summed E-state index contributed by atoms with van der Waals surface area (Å²) in [7, 11) is 0. The molecule has 1 nitrogen and oxygen atoms in total. The summed E-state index contributed by atoms with van der Waals surface area (Å²) in [5, 5.41) is 0. The number of Topliss-reactive ketones (excluding diaryl/α,β-unsaturated/α-hetero) is 1. The van der Waals surface area contributed by atoms with Crippen molar-refractivity contribution in [1.29, 1.82) is 0 Å². The molecule has 0 aromatic heterocycles. The highest BCUT2D eigenvalue weighted by Crippen LogP contribution is 2.60. The van der Waals surface area contributed by atoms with E-state index in [-0.39, 0.29) is 5.41 Å². The maximum absolute atomic E-state index is 11.7. The minimum atomic E-state index is 0.121. The van der Waals surface area contributed by atoms with Crippen molar-refractivity contribution in [2.75, 3.05) is 0 Å². The van der Waals surface area contributed by atoms with E-state index in [1.54, 1.807) is 0 Å². The lowest BCUT2D eigenvalue weighted by Crippen LogP contribution is -2.22. The van der Waals surface area contributed by atoms with Gasteiger partial charge in [0.1, 0.15) is 5.78 Å². The molecule has 0 aliphatic heterocycles. The molecule has 2 aliphatic rings. The highest BCUT2D eigenvalue weighted by molar-refractivity contribution is 5.89. The molecule has 72 valence electrons. The van der Waals surface area contributed by atoms with Gasteiger partial charge in [-0.1, -0.05) is 18.1 Å². The molecule has 1 spiro atoms. The Balaban J connectivity index is 2.08. The van der Waals surface area contributed by atoms with Crippen LogP contribution in [0.3, 0.4) is 0 Å². The summed E-state index contributed by atoms with van der Waals surface area (Å²) in [5.41, 5.74) is 1.48. The van der Waals surface area contributed by atoms with E-state index < -0.39 is 0 Å². The Hall–Kier alpha value is -0.590. The molecule has 0 aromatic rings. The van der Waals surface area contributed by atoms with E-state index >= 15 is 0 Å². The first kappa shape index (κ1) is 8.98. The molecule has 2 rings (SSSR count). The van der Waals surface area contributed by atoms with Gasteiger partial charge in [0.25, 0.3) is 0 Å². The Morgan fingerprint density at radius 2 is 2.23 bits per heavy atom. The zero-order chi connectivity index (χ0) is 9.47. The van der Waals surface area contributed by atoms with E-state index in [1.807, 2.05) is 0 Å². The van der Waals surface area contributed by atoms with Crippen LogP contribution in [0.25, 0.3) is 0 Å². The van der Waals surface area contributed by atoms with E-state index in [9.17, 15) is 4.79 Å². The van der Waals surface area contributed by atoms with Crippen LogP contribution in [0, 0.1) is 11.3 Å². The van der Waals surface area contributed by atoms with E-state index in [4.69, 9.17) is 0 Å². The highest BCUT2D eigenvalue weighted by atomic mass is 16.1. The number of hydrogen-bond donors (Lipinski definition) is 0. The molecule has 2 atom stereocenters. The van der Waals surface area contributed by atoms with Gasteiger partial charge in [-0.3, -0.25) is 4.79 Å². The lowest BCUT2D eigenvalue weighted by Gasteiger charge is -2.20. The summed E-state index contributed by atoms with van der Waals surface area (Å²) in [6.45, 7) is 4.25. The Bertz CT molecular complexity index is 260. The Morgan fingerprint density at radius 3 is 2.85 bits per heavy atom. The van der Waals surface area contributed by atoms with Gasteiger partial charge < -0.3 is 0 Å². The Morgan fingerprint density at radius 1 is 1.46 bits per heavy atom. The maximum Gasteiger partial charge on any atom is 0.139 e. The van der Waals surface area contributed by atoms with Crippen molar-refractivity contribution >= 4 is 5.78 Å². The lowest BCUT2D eigenvalue weighted by atomic mass is 9.83. The smallest absolute Gasteiger partial charge is 0.139 e. The van der Waals surface area contributed by atoms with Crippen molar-refractivity contribution in [3.05, 3.63) is 11.6 Å². The van der Waals surface area contributed by atoms with Crippen LogP contribution in [-0.4, -0.2) is 5.78 Å². The van der Waals surface area contributed by atoms with Crippen molar-refractivity contribution in [3.63, 3.8) is 0 Å². The second kappa shape index (κ2) is 2.97. The van der Waals surface area contributed by atoms with Crippen molar-refractivity contribution in [2.45, 2.75) is 46.0 Å². The SMILES string of the molecule is CC(C)=CC1CC12CCCCC2=O. The van der Waals surface area contributed by atoms with Gasteiger partial charge in [0.05, 0.1) is 0 Å². The summed E-state index contributed by atoms with van der Waals surface area (Å²) in [6, 6.07) is 0. The molecular weight excluding hydrogens is 160 g/mol. The molecule has 2 aliphatic carbocycles. The van der Waals surface area contributed by atoms with E-state index in [2.05, 4.69) is 19.9 Å². The molecule has 0 amide bonds. The second-order valence-electron chi connectivity index (χ2n) is 4.84. The molecule has 0 aromatic carbocycles. The molecule has 1 heteroatoms. The zero-order valence-electron chi connectivity index (χ0n) is 8.60. The van der Waals surface area contributed by atoms with Crippen LogP contribution >= 0.6 is 0 Å². The van der Waals surface area contributed by atoms with Crippen LogP contribution in [0.5, 0.6) is 0 Å². The lowest BCUT2D eigenvalue weighted by molar-refractivity contribution is -0.126. The van der Waals surface area contributed by atoms with Gasteiger partial charge in [-0.2, -0.15) is 0 Å². The van der Waals surface area contributed by atoms with Gasteiger partial charge in [0, 0.05) is 11.8 Å².